The number of nitrogens with zero attached hydrogens (tertiary/aromatic N) is 4. The van der Waals surface area contributed by atoms with Crippen LogP contribution in [0.3, 0.4) is 0 Å². The molecule has 13 heteroatoms. The smallest absolute Gasteiger partial charge is 0.267 e. The Labute approximate surface area is 258 Å². The molecule has 1 aliphatic heterocycles. The second kappa shape index (κ2) is 12.3. The molecular weight excluding hydrogens is 602 g/mol. The summed E-state index contributed by atoms with van der Waals surface area (Å²) >= 11 is 0. The van der Waals surface area contributed by atoms with E-state index in [1.807, 2.05) is 24.3 Å². The number of rotatable bonds is 8. The van der Waals surface area contributed by atoms with E-state index >= 15 is 0 Å². The first kappa shape index (κ1) is 30.2. The standard InChI is InChI=1S/C32H30F2N6O4S/c1-44-30-28(38-45(42,43)29-11-9-23(33)17-26(29)34)16-22(18-36-30)21-8-10-27-25(15-21)31(41)40(32(35)37-27)24-7-5-6-20(14-24)19-39-12-3-2-4-13-39/h5-11,14-18,38H,2-4,12-13,19H2,1H3,(H2,35,37). The highest BCUT2D eigenvalue weighted by molar-refractivity contribution is 7.92. The normalized spacial score (nSPS) is 14.0. The van der Waals surface area contributed by atoms with Gasteiger partial charge < -0.3 is 10.5 Å². The highest BCUT2D eigenvalue weighted by Crippen LogP contribution is 2.32. The number of methoxy groups -OCH3 is 1. The van der Waals surface area contributed by atoms with Crippen LogP contribution in [0.15, 0.2) is 82.6 Å². The number of sulfonamides is 1. The Bertz CT molecular complexity index is 2080. The van der Waals surface area contributed by atoms with Gasteiger partial charge in [-0.05, 0) is 79.5 Å². The average molecular weight is 633 g/mol. The number of piperidine rings is 1. The van der Waals surface area contributed by atoms with Gasteiger partial charge in [-0.25, -0.2) is 31.7 Å². The highest BCUT2D eigenvalue weighted by Gasteiger charge is 2.23. The number of aromatic nitrogens is 3. The Morgan fingerprint density at radius 3 is 2.53 bits per heavy atom. The van der Waals surface area contributed by atoms with Gasteiger partial charge in [0.2, 0.25) is 11.8 Å². The second-order valence-corrected chi connectivity index (χ2v) is 12.5. The lowest BCUT2D eigenvalue weighted by Gasteiger charge is -2.26. The third kappa shape index (κ3) is 6.22. The summed E-state index contributed by atoms with van der Waals surface area (Å²) in [6.07, 6.45) is 5.04. The van der Waals surface area contributed by atoms with Crippen molar-refractivity contribution in [3.63, 3.8) is 0 Å². The molecule has 0 amide bonds. The summed E-state index contributed by atoms with van der Waals surface area (Å²) in [5, 5.41) is 0.287. The first-order valence-electron chi connectivity index (χ1n) is 14.3. The van der Waals surface area contributed by atoms with Crippen LogP contribution in [-0.2, 0) is 16.6 Å². The van der Waals surface area contributed by atoms with Gasteiger partial charge in [0.1, 0.15) is 22.2 Å². The lowest BCUT2D eigenvalue weighted by atomic mass is 10.0. The number of pyridine rings is 1. The Hall–Kier alpha value is -4.88. The van der Waals surface area contributed by atoms with Gasteiger partial charge in [-0.3, -0.25) is 14.4 Å². The Balaban J connectivity index is 1.37. The van der Waals surface area contributed by atoms with Crippen molar-refractivity contribution in [2.24, 2.45) is 0 Å². The minimum Gasteiger partial charge on any atom is -0.480 e. The van der Waals surface area contributed by atoms with Crippen LogP contribution in [0.4, 0.5) is 20.4 Å². The molecule has 5 aromatic rings. The van der Waals surface area contributed by atoms with Crippen LogP contribution >= 0.6 is 0 Å². The topological polar surface area (TPSA) is 132 Å². The van der Waals surface area contributed by atoms with Crippen LogP contribution in [0.2, 0.25) is 0 Å². The molecule has 0 bridgehead atoms. The number of nitrogens with one attached hydrogen (secondary N) is 1. The fourth-order valence-corrected chi connectivity index (χ4v) is 6.65. The van der Waals surface area contributed by atoms with Crippen molar-refractivity contribution in [1.82, 2.24) is 19.4 Å². The quantitative estimate of drug-likeness (QED) is 0.242. The number of benzene rings is 3. The molecule has 2 aromatic heterocycles. The van der Waals surface area contributed by atoms with Crippen molar-refractivity contribution in [2.45, 2.75) is 30.7 Å². The molecule has 0 spiro atoms. The monoisotopic (exact) mass is 632 g/mol. The Morgan fingerprint density at radius 1 is 0.978 bits per heavy atom. The summed E-state index contributed by atoms with van der Waals surface area (Å²) in [4.78, 5) is 24.2. The lowest BCUT2D eigenvalue weighted by Crippen LogP contribution is -2.29. The van der Waals surface area contributed by atoms with Crippen molar-refractivity contribution < 1.29 is 21.9 Å². The number of nitrogen functional groups attached to an aromatic ring is 1. The van der Waals surface area contributed by atoms with Crippen LogP contribution in [0.25, 0.3) is 27.7 Å². The molecule has 0 atom stereocenters. The van der Waals surface area contributed by atoms with Crippen molar-refractivity contribution in [3.05, 3.63) is 100 Å². The zero-order valence-corrected chi connectivity index (χ0v) is 25.2. The molecule has 0 saturated carbocycles. The van der Waals surface area contributed by atoms with E-state index in [1.165, 1.54) is 43.2 Å². The molecule has 1 aliphatic rings. The number of likely N-dealkylation sites (tertiary alicyclic amines) is 1. The molecule has 3 aromatic carbocycles. The average Bonchev–Trinajstić information content (AvgIpc) is 3.01. The third-order valence-electron chi connectivity index (χ3n) is 7.72. The van der Waals surface area contributed by atoms with E-state index in [0.29, 0.717) is 28.4 Å². The van der Waals surface area contributed by atoms with Crippen molar-refractivity contribution >= 4 is 32.6 Å². The fourth-order valence-electron chi connectivity index (χ4n) is 5.54. The zero-order valence-electron chi connectivity index (χ0n) is 24.3. The van der Waals surface area contributed by atoms with Gasteiger partial charge >= 0.3 is 0 Å². The minimum absolute atomic E-state index is 0.0474. The SMILES string of the molecule is COc1ncc(-c2ccc3nc(N)n(-c4cccc(CN5CCCCC5)c4)c(=O)c3c2)cc1NS(=O)(=O)c1ccc(F)cc1F. The van der Waals surface area contributed by atoms with Gasteiger partial charge in [-0.15, -0.1) is 0 Å². The first-order chi connectivity index (χ1) is 21.6. The van der Waals surface area contributed by atoms with Crippen LogP contribution in [0.1, 0.15) is 24.8 Å². The summed E-state index contributed by atoms with van der Waals surface area (Å²) < 4.78 is 62.5. The largest absolute Gasteiger partial charge is 0.480 e. The van der Waals surface area contributed by atoms with Gasteiger partial charge in [0.05, 0.1) is 23.7 Å². The predicted molar refractivity (Wildman–Crippen MR) is 168 cm³/mol. The number of hydrogen-bond acceptors (Lipinski definition) is 8. The molecule has 45 heavy (non-hydrogen) atoms. The maximum absolute atomic E-state index is 14.3. The zero-order chi connectivity index (χ0) is 31.7. The number of anilines is 2. The number of hydrogen-bond donors (Lipinski definition) is 2. The molecule has 1 saturated heterocycles. The van der Waals surface area contributed by atoms with Crippen molar-refractivity contribution in [3.8, 4) is 22.7 Å². The van der Waals surface area contributed by atoms with E-state index in [4.69, 9.17) is 10.5 Å². The van der Waals surface area contributed by atoms with Crippen LogP contribution in [-0.4, -0.2) is 48.1 Å². The summed E-state index contributed by atoms with van der Waals surface area (Å²) in [7, 11) is -3.18. The van der Waals surface area contributed by atoms with E-state index in [9.17, 15) is 22.0 Å². The molecule has 0 unspecified atom stereocenters. The molecule has 3 N–H and O–H groups in total. The summed E-state index contributed by atoms with van der Waals surface area (Å²) in [6.45, 7) is 2.86. The molecular formula is C32H30F2N6O4S. The van der Waals surface area contributed by atoms with E-state index in [0.717, 1.165) is 37.3 Å². The minimum atomic E-state index is -4.48. The fraction of sp³-hybridized carbons (Fsp3) is 0.219. The number of halogens is 2. The van der Waals surface area contributed by atoms with Gasteiger partial charge in [0.25, 0.3) is 15.6 Å². The summed E-state index contributed by atoms with van der Waals surface area (Å²) in [5.74, 6) is -2.19. The number of fused-ring (bicyclic) bond motifs is 1. The predicted octanol–water partition coefficient (Wildman–Crippen LogP) is 5.10. The third-order valence-corrected chi connectivity index (χ3v) is 9.12. The van der Waals surface area contributed by atoms with Crippen molar-refractivity contribution in [2.75, 3.05) is 30.7 Å². The molecule has 3 heterocycles. The van der Waals surface area contributed by atoms with Gasteiger partial charge in [-0.2, -0.15) is 0 Å². The second-order valence-electron chi connectivity index (χ2n) is 10.8. The summed E-state index contributed by atoms with van der Waals surface area (Å²) in [6, 6.07) is 16.2. The van der Waals surface area contributed by atoms with E-state index in [2.05, 4.69) is 19.6 Å². The molecule has 10 nitrogen and oxygen atoms in total. The maximum Gasteiger partial charge on any atom is 0.267 e. The lowest BCUT2D eigenvalue weighted by molar-refractivity contribution is 0.221. The first-order valence-corrected chi connectivity index (χ1v) is 15.8. The molecule has 6 rings (SSSR count). The van der Waals surface area contributed by atoms with Gasteiger partial charge in [-0.1, -0.05) is 24.6 Å². The number of ether oxygens (including phenoxy) is 1. The van der Waals surface area contributed by atoms with Gasteiger partial charge in [0.15, 0.2) is 0 Å². The maximum atomic E-state index is 14.3. The molecule has 0 radical (unpaired) electrons. The highest BCUT2D eigenvalue weighted by atomic mass is 32.2. The molecule has 0 aliphatic carbocycles. The molecule has 232 valence electrons. The number of nitrogens with two attached hydrogens (primary N) is 1. The van der Waals surface area contributed by atoms with E-state index in [-0.39, 0.29) is 28.5 Å². The Kier molecular flexibility index (Phi) is 8.21. The van der Waals surface area contributed by atoms with E-state index in [1.54, 1.807) is 18.2 Å². The molecule has 1 fully saturated rings. The van der Waals surface area contributed by atoms with Crippen molar-refractivity contribution in [1.29, 1.82) is 0 Å². The van der Waals surface area contributed by atoms with Crippen LogP contribution in [0.5, 0.6) is 5.88 Å². The van der Waals surface area contributed by atoms with Crippen LogP contribution in [0, 0.1) is 11.6 Å². The Morgan fingerprint density at radius 2 is 1.78 bits per heavy atom. The van der Waals surface area contributed by atoms with Crippen LogP contribution < -0.4 is 20.8 Å². The van der Waals surface area contributed by atoms with Gasteiger partial charge in [0, 0.05) is 24.4 Å². The summed E-state index contributed by atoms with van der Waals surface area (Å²) in [5.41, 5.74) is 8.84. The van der Waals surface area contributed by atoms with E-state index < -0.39 is 26.6 Å².